The summed E-state index contributed by atoms with van der Waals surface area (Å²) in [6.45, 7) is 1.76. The van der Waals surface area contributed by atoms with Gasteiger partial charge in [0.2, 0.25) is 5.91 Å². The molecule has 1 aromatic heterocycles. The molecular formula is C33H28N6O4S. The van der Waals surface area contributed by atoms with Crippen LogP contribution in [-0.2, 0) is 14.4 Å². The van der Waals surface area contributed by atoms with Crippen molar-refractivity contribution in [1.82, 2.24) is 15.6 Å². The largest absolute Gasteiger partial charge is 0.321 e. The molecule has 44 heavy (non-hydrogen) atoms. The number of thioether (sulfide) groups is 1. The van der Waals surface area contributed by atoms with E-state index < -0.39 is 17.1 Å². The highest BCUT2D eigenvalue weighted by Crippen LogP contribution is 2.26. The van der Waals surface area contributed by atoms with Gasteiger partial charge in [-0.25, -0.2) is 0 Å². The van der Waals surface area contributed by atoms with E-state index in [1.807, 2.05) is 18.2 Å². The van der Waals surface area contributed by atoms with E-state index in [-0.39, 0.29) is 23.9 Å². The fraction of sp³-hybridized carbons (Fsp3) is 0.0909. The van der Waals surface area contributed by atoms with Crippen LogP contribution in [0.15, 0.2) is 125 Å². The van der Waals surface area contributed by atoms with Crippen LogP contribution in [0.5, 0.6) is 0 Å². The lowest BCUT2D eigenvalue weighted by atomic mass is 10.2. The zero-order valence-electron chi connectivity index (χ0n) is 23.6. The molecule has 2 heterocycles. The SMILES string of the molecule is CC(Sc1ccc(NC(=O)/C(=C/c2cccnc2)NC(=O)c2ccccc2)cc1)C(=O)NC1=NN(c2ccccc2)C(=O)C1. The summed E-state index contributed by atoms with van der Waals surface area (Å²) in [5.74, 6) is -1.14. The van der Waals surface area contributed by atoms with Gasteiger partial charge in [0.05, 0.1) is 17.4 Å². The Hall–Kier alpha value is -5.55. The molecule has 0 fully saturated rings. The van der Waals surface area contributed by atoms with Gasteiger partial charge >= 0.3 is 0 Å². The van der Waals surface area contributed by atoms with Crippen molar-refractivity contribution in [2.75, 3.05) is 10.3 Å². The Morgan fingerprint density at radius 2 is 1.59 bits per heavy atom. The standard InChI is InChI=1S/C33H28N6O4S/c1-22(31(41)37-29-20-30(40)39(38-29)26-12-6-3-7-13-26)44-27-16-14-25(15-17-27)35-33(43)28(19-23-9-8-18-34-21-23)36-32(42)24-10-4-2-5-11-24/h2-19,21-22H,20H2,1H3,(H,35,43)(H,36,42)(H,37,38,41)/b28-19-. The van der Waals surface area contributed by atoms with Gasteiger partial charge in [-0.15, -0.1) is 11.8 Å². The number of hydrazone groups is 1. The molecule has 0 radical (unpaired) electrons. The van der Waals surface area contributed by atoms with E-state index in [0.717, 1.165) is 4.90 Å². The topological polar surface area (TPSA) is 133 Å². The summed E-state index contributed by atoms with van der Waals surface area (Å²) in [5, 5.41) is 13.3. The third-order valence-corrected chi connectivity index (χ3v) is 7.47. The number of rotatable bonds is 9. The first-order valence-corrected chi connectivity index (χ1v) is 14.6. The molecule has 0 bridgehead atoms. The van der Waals surface area contributed by atoms with Crippen molar-refractivity contribution >= 4 is 58.7 Å². The summed E-state index contributed by atoms with van der Waals surface area (Å²) in [6.07, 6.45) is 4.76. The molecule has 4 aromatic rings. The number of para-hydroxylation sites is 1. The number of anilines is 2. The van der Waals surface area contributed by atoms with Crippen molar-refractivity contribution in [3.8, 4) is 0 Å². The van der Waals surface area contributed by atoms with E-state index >= 15 is 0 Å². The van der Waals surface area contributed by atoms with Crippen LogP contribution in [0, 0.1) is 0 Å². The number of hydrogen-bond donors (Lipinski definition) is 3. The molecule has 0 saturated carbocycles. The van der Waals surface area contributed by atoms with Crippen LogP contribution in [0.1, 0.15) is 29.3 Å². The van der Waals surface area contributed by atoms with Crippen molar-refractivity contribution in [2.24, 2.45) is 5.10 Å². The van der Waals surface area contributed by atoms with Gasteiger partial charge in [0.25, 0.3) is 17.7 Å². The Kier molecular flexibility index (Phi) is 9.57. The predicted molar refractivity (Wildman–Crippen MR) is 171 cm³/mol. The number of nitrogens with one attached hydrogen (secondary N) is 3. The second kappa shape index (κ2) is 14.1. The number of aromatic nitrogens is 1. The molecule has 10 nitrogen and oxygen atoms in total. The summed E-state index contributed by atoms with van der Waals surface area (Å²) in [6, 6.07) is 28.1. The van der Waals surface area contributed by atoms with Gasteiger partial charge in [0.15, 0.2) is 0 Å². The lowest BCUT2D eigenvalue weighted by Crippen LogP contribution is -2.35. The summed E-state index contributed by atoms with van der Waals surface area (Å²) in [4.78, 5) is 56.1. The highest BCUT2D eigenvalue weighted by Gasteiger charge is 2.27. The lowest BCUT2D eigenvalue weighted by Gasteiger charge is -2.13. The molecule has 1 atom stereocenters. The monoisotopic (exact) mass is 604 g/mol. The Morgan fingerprint density at radius 3 is 2.27 bits per heavy atom. The lowest BCUT2D eigenvalue weighted by molar-refractivity contribution is -0.119. The highest BCUT2D eigenvalue weighted by atomic mass is 32.2. The van der Waals surface area contributed by atoms with Crippen LogP contribution >= 0.6 is 11.8 Å². The van der Waals surface area contributed by atoms with E-state index in [2.05, 4.69) is 26.0 Å². The number of pyridine rings is 1. The molecule has 4 amide bonds. The van der Waals surface area contributed by atoms with Crippen molar-refractivity contribution in [1.29, 1.82) is 0 Å². The molecule has 0 aliphatic carbocycles. The van der Waals surface area contributed by atoms with Crippen LogP contribution in [0.25, 0.3) is 6.08 Å². The maximum atomic E-state index is 13.2. The average Bonchev–Trinajstić information content (AvgIpc) is 3.42. The first-order valence-electron chi connectivity index (χ1n) is 13.7. The Morgan fingerprint density at radius 1 is 0.886 bits per heavy atom. The zero-order chi connectivity index (χ0) is 30.9. The van der Waals surface area contributed by atoms with Crippen molar-refractivity contribution in [3.05, 3.63) is 126 Å². The van der Waals surface area contributed by atoms with Crippen LogP contribution in [-0.4, -0.2) is 39.7 Å². The molecule has 0 saturated heterocycles. The molecule has 1 aliphatic rings. The molecular weight excluding hydrogens is 576 g/mol. The van der Waals surface area contributed by atoms with Gasteiger partial charge in [-0.2, -0.15) is 10.1 Å². The van der Waals surface area contributed by atoms with Crippen molar-refractivity contribution in [3.63, 3.8) is 0 Å². The summed E-state index contributed by atoms with van der Waals surface area (Å²) in [5.41, 5.74) is 2.24. The minimum atomic E-state index is -0.511. The second-order valence-corrected chi connectivity index (χ2v) is 11.1. The average molecular weight is 605 g/mol. The van der Waals surface area contributed by atoms with Gasteiger partial charge in [-0.3, -0.25) is 24.2 Å². The van der Waals surface area contributed by atoms with Gasteiger partial charge in [0, 0.05) is 28.5 Å². The van der Waals surface area contributed by atoms with Gasteiger partial charge in [-0.1, -0.05) is 42.5 Å². The Bertz CT molecular complexity index is 1710. The Balaban J connectivity index is 1.20. The van der Waals surface area contributed by atoms with Gasteiger partial charge in [-0.05, 0) is 73.2 Å². The number of amidine groups is 1. The van der Waals surface area contributed by atoms with E-state index in [0.29, 0.717) is 28.3 Å². The molecule has 5 rings (SSSR count). The summed E-state index contributed by atoms with van der Waals surface area (Å²) >= 11 is 1.32. The number of hydrogen-bond acceptors (Lipinski definition) is 7. The maximum Gasteiger partial charge on any atom is 0.272 e. The molecule has 3 aromatic carbocycles. The molecule has 1 aliphatic heterocycles. The van der Waals surface area contributed by atoms with E-state index in [1.54, 1.807) is 104 Å². The van der Waals surface area contributed by atoms with Crippen molar-refractivity contribution < 1.29 is 19.2 Å². The number of nitrogens with zero attached hydrogens (tertiary/aromatic N) is 3. The molecule has 0 spiro atoms. The molecule has 3 N–H and O–H groups in total. The van der Waals surface area contributed by atoms with Crippen LogP contribution in [0.4, 0.5) is 11.4 Å². The molecule has 11 heteroatoms. The third kappa shape index (κ3) is 7.84. The summed E-state index contributed by atoms with van der Waals surface area (Å²) < 4.78 is 0. The minimum absolute atomic E-state index is 0.00936. The minimum Gasteiger partial charge on any atom is -0.321 e. The zero-order valence-corrected chi connectivity index (χ0v) is 24.5. The highest BCUT2D eigenvalue weighted by molar-refractivity contribution is 8.00. The van der Waals surface area contributed by atoms with Crippen LogP contribution < -0.4 is 21.0 Å². The second-order valence-electron chi connectivity index (χ2n) is 9.66. The van der Waals surface area contributed by atoms with E-state index in [1.165, 1.54) is 16.8 Å². The third-order valence-electron chi connectivity index (χ3n) is 6.36. The molecule has 220 valence electrons. The quantitative estimate of drug-likeness (QED) is 0.185. The number of benzene rings is 3. The predicted octanol–water partition coefficient (Wildman–Crippen LogP) is 4.84. The first kappa shape index (κ1) is 29.9. The van der Waals surface area contributed by atoms with E-state index in [9.17, 15) is 19.2 Å². The van der Waals surface area contributed by atoms with Crippen molar-refractivity contribution in [2.45, 2.75) is 23.5 Å². The van der Waals surface area contributed by atoms with Gasteiger partial charge < -0.3 is 16.0 Å². The summed E-state index contributed by atoms with van der Waals surface area (Å²) in [7, 11) is 0. The number of carbonyl (C=O) groups excluding carboxylic acids is 4. The van der Waals surface area contributed by atoms with E-state index in [4.69, 9.17) is 0 Å². The maximum absolute atomic E-state index is 13.2. The smallest absolute Gasteiger partial charge is 0.272 e. The Labute approximate surface area is 258 Å². The van der Waals surface area contributed by atoms with Crippen LogP contribution in [0.3, 0.4) is 0 Å². The first-order chi connectivity index (χ1) is 21.4. The number of amides is 4. The number of carbonyl (C=O) groups is 4. The normalized spacial score (nSPS) is 13.6. The van der Waals surface area contributed by atoms with Crippen LogP contribution in [0.2, 0.25) is 0 Å². The fourth-order valence-corrected chi connectivity index (χ4v) is 5.02. The van der Waals surface area contributed by atoms with Gasteiger partial charge in [0.1, 0.15) is 11.5 Å². The fourth-order valence-electron chi connectivity index (χ4n) is 4.16. The molecule has 1 unspecified atom stereocenters.